The lowest BCUT2D eigenvalue weighted by Gasteiger charge is -2.07. The van der Waals surface area contributed by atoms with Gasteiger partial charge >= 0.3 is 5.97 Å². The second-order valence-corrected chi connectivity index (χ2v) is 5.77. The molecule has 0 saturated carbocycles. The Labute approximate surface area is 118 Å². The van der Waals surface area contributed by atoms with Gasteiger partial charge in [-0.1, -0.05) is 52.0 Å². The van der Waals surface area contributed by atoms with Crippen LogP contribution in [0.15, 0.2) is 62.8 Å². The van der Waals surface area contributed by atoms with Crippen LogP contribution in [0.3, 0.4) is 0 Å². The molecule has 0 heterocycles. The molecule has 0 atom stereocenters. The lowest BCUT2D eigenvalue weighted by molar-refractivity contribution is -0.136. The Morgan fingerprint density at radius 3 is 2.67 bits per heavy atom. The Balaban J connectivity index is 2.26. The highest BCUT2D eigenvalue weighted by molar-refractivity contribution is 9.10. The molecule has 0 unspecified atom stereocenters. The maximum Gasteiger partial charge on any atom is 0.307 e. The minimum atomic E-state index is -0.808. The number of carboxylic acids is 1. The molecule has 0 aliphatic carbocycles. The Morgan fingerprint density at radius 2 is 1.94 bits per heavy atom. The number of hydrogen-bond acceptors (Lipinski definition) is 2. The highest BCUT2D eigenvalue weighted by Crippen LogP contribution is 2.32. The maximum absolute atomic E-state index is 10.8. The van der Waals surface area contributed by atoms with Gasteiger partial charge in [0.25, 0.3) is 0 Å². The smallest absolute Gasteiger partial charge is 0.307 e. The summed E-state index contributed by atoms with van der Waals surface area (Å²) in [6.07, 6.45) is 0.0528. The first-order chi connectivity index (χ1) is 8.65. The molecule has 0 saturated heterocycles. The summed E-state index contributed by atoms with van der Waals surface area (Å²) in [7, 11) is 0. The van der Waals surface area contributed by atoms with E-state index in [9.17, 15) is 4.79 Å². The molecule has 1 N–H and O–H groups in total. The second kappa shape index (κ2) is 6.07. The Hall–Kier alpha value is -1.26. The van der Waals surface area contributed by atoms with Gasteiger partial charge in [0, 0.05) is 14.3 Å². The molecule has 2 nitrogen and oxygen atoms in total. The van der Waals surface area contributed by atoms with Gasteiger partial charge in [0.15, 0.2) is 0 Å². The Morgan fingerprint density at radius 1 is 1.17 bits per heavy atom. The molecule has 2 aromatic carbocycles. The molecule has 0 aliphatic rings. The van der Waals surface area contributed by atoms with E-state index in [1.165, 1.54) is 0 Å². The van der Waals surface area contributed by atoms with Crippen molar-refractivity contribution in [2.24, 2.45) is 0 Å². The Kier molecular flexibility index (Phi) is 4.44. The number of carboxylic acid groups (broad SMARTS) is 1. The van der Waals surface area contributed by atoms with Crippen LogP contribution >= 0.6 is 27.7 Å². The van der Waals surface area contributed by atoms with E-state index in [-0.39, 0.29) is 6.42 Å². The minimum absolute atomic E-state index is 0.0528. The van der Waals surface area contributed by atoms with Gasteiger partial charge in [-0.05, 0) is 29.8 Å². The van der Waals surface area contributed by atoms with Gasteiger partial charge in [0.1, 0.15) is 0 Å². The van der Waals surface area contributed by atoms with Gasteiger partial charge < -0.3 is 5.11 Å². The van der Waals surface area contributed by atoms with Crippen molar-refractivity contribution in [3.05, 3.63) is 58.6 Å². The molecule has 0 aromatic heterocycles. The van der Waals surface area contributed by atoms with Crippen LogP contribution in [0.5, 0.6) is 0 Å². The summed E-state index contributed by atoms with van der Waals surface area (Å²) in [5, 5.41) is 8.88. The third-order valence-corrected chi connectivity index (χ3v) is 3.94. The average molecular weight is 323 g/mol. The van der Waals surface area contributed by atoms with Gasteiger partial charge in [-0.3, -0.25) is 4.79 Å². The number of carbonyl (C=O) groups is 1. The first-order valence-electron chi connectivity index (χ1n) is 5.38. The first-order valence-corrected chi connectivity index (χ1v) is 6.99. The standard InChI is InChI=1S/C14H11BrO2S/c15-11-5-3-6-12(9-11)18-13-7-2-1-4-10(13)8-14(16)17/h1-7,9H,8H2,(H,16,17). The number of rotatable bonds is 4. The molecule has 0 spiro atoms. The molecule has 0 radical (unpaired) electrons. The lowest BCUT2D eigenvalue weighted by Crippen LogP contribution is -2.01. The molecular weight excluding hydrogens is 312 g/mol. The molecule has 18 heavy (non-hydrogen) atoms. The van der Waals surface area contributed by atoms with Crippen LogP contribution in [0.4, 0.5) is 0 Å². The zero-order chi connectivity index (χ0) is 13.0. The van der Waals surface area contributed by atoms with Gasteiger partial charge in [0.05, 0.1) is 6.42 Å². The predicted octanol–water partition coefficient (Wildman–Crippen LogP) is 4.23. The van der Waals surface area contributed by atoms with Gasteiger partial charge in [-0.15, -0.1) is 0 Å². The molecule has 0 amide bonds. The summed E-state index contributed by atoms with van der Waals surface area (Å²) >= 11 is 5.00. The van der Waals surface area contributed by atoms with Crippen LogP contribution in [-0.2, 0) is 11.2 Å². The molecule has 2 aromatic rings. The first kappa shape index (κ1) is 13.2. The van der Waals surface area contributed by atoms with Gasteiger partial charge in [-0.25, -0.2) is 0 Å². The summed E-state index contributed by atoms with van der Waals surface area (Å²) in [5.41, 5.74) is 0.843. The summed E-state index contributed by atoms with van der Waals surface area (Å²) in [6, 6.07) is 15.5. The van der Waals surface area contributed by atoms with Crippen molar-refractivity contribution in [2.75, 3.05) is 0 Å². The number of benzene rings is 2. The van der Waals surface area contributed by atoms with Crippen LogP contribution in [0.2, 0.25) is 0 Å². The van der Waals surface area contributed by atoms with Crippen molar-refractivity contribution in [3.63, 3.8) is 0 Å². The van der Waals surface area contributed by atoms with Crippen LogP contribution < -0.4 is 0 Å². The molecule has 0 fully saturated rings. The summed E-state index contributed by atoms with van der Waals surface area (Å²) in [6.45, 7) is 0. The monoisotopic (exact) mass is 322 g/mol. The third-order valence-electron chi connectivity index (χ3n) is 2.34. The molecule has 2 rings (SSSR count). The van der Waals surface area contributed by atoms with E-state index in [0.717, 1.165) is 19.8 Å². The van der Waals surface area contributed by atoms with Crippen LogP contribution in [-0.4, -0.2) is 11.1 Å². The van der Waals surface area contributed by atoms with Gasteiger partial charge in [-0.2, -0.15) is 0 Å². The summed E-state index contributed by atoms with van der Waals surface area (Å²) < 4.78 is 1.02. The lowest BCUT2D eigenvalue weighted by atomic mass is 10.1. The zero-order valence-electron chi connectivity index (χ0n) is 9.47. The molecule has 0 aliphatic heterocycles. The quantitative estimate of drug-likeness (QED) is 0.915. The average Bonchev–Trinajstić information content (AvgIpc) is 2.31. The van der Waals surface area contributed by atoms with E-state index in [2.05, 4.69) is 15.9 Å². The van der Waals surface area contributed by atoms with Crippen molar-refractivity contribution in [1.29, 1.82) is 0 Å². The van der Waals surface area contributed by atoms with Crippen molar-refractivity contribution in [2.45, 2.75) is 16.2 Å². The highest BCUT2D eigenvalue weighted by Gasteiger charge is 2.07. The number of halogens is 1. The minimum Gasteiger partial charge on any atom is -0.481 e. The second-order valence-electron chi connectivity index (χ2n) is 3.74. The normalized spacial score (nSPS) is 10.3. The van der Waals surface area contributed by atoms with E-state index < -0.39 is 5.97 Å². The molecule has 4 heteroatoms. The fourth-order valence-corrected chi connectivity index (χ4v) is 3.12. The fourth-order valence-electron chi connectivity index (χ4n) is 1.57. The SMILES string of the molecule is O=C(O)Cc1ccccc1Sc1cccc(Br)c1. The van der Waals surface area contributed by atoms with E-state index >= 15 is 0 Å². The zero-order valence-corrected chi connectivity index (χ0v) is 11.9. The van der Waals surface area contributed by atoms with E-state index in [1.807, 2.05) is 48.5 Å². The predicted molar refractivity (Wildman–Crippen MR) is 76.0 cm³/mol. The van der Waals surface area contributed by atoms with Crippen molar-refractivity contribution in [1.82, 2.24) is 0 Å². The van der Waals surface area contributed by atoms with E-state index in [1.54, 1.807) is 11.8 Å². The van der Waals surface area contributed by atoms with Crippen LogP contribution in [0.25, 0.3) is 0 Å². The topological polar surface area (TPSA) is 37.3 Å². The van der Waals surface area contributed by atoms with E-state index in [0.29, 0.717) is 0 Å². The van der Waals surface area contributed by atoms with Gasteiger partial charge in [0.2, 0.25) is 0 Å². The van der Waals surface area contributed by atoms with Crippen LogP contribution in [0, 0.1) is 0 Å². The molecule has 0 bridgehead atoms. The van der Waals surface area contributed by atoms with E-state index in [4.69, 9.17) is 5.11 Å². The maximum atomic E-state index is 10.8. The highest BCUT2D eigenvalue weighted by atomic mass is 79.9. The van der Waals surface area contributed by atoms with Crippen LogP contribution in [0.1, 0.15) is 5.56 Å². The summed E-state index contributed by atoms with van der Waals surface area (Å²) in [4.78, 5) is 12.9. The van der Waals surface area contributed by atoms with Crippen molar-refractivity contribution >= 4 is 33.7 Å². The molecule has 92 valence electrons. The largest absolute Gasteiger partial charge is 0.481 e. The Bertz CT molecular complexity index is 569. The third kappa shape index (κ3) is 3.62. The van der Waals surface area contributed by atoms with Crippen molar-refractivity contribution in [3.8, 4) is 0 Å². The summed E-state index contributed by atoms with van der Waals surface area (Å²) in [5.74, 6) is -0.808. The number of hydrogen-bond donors (Lipinski definition) is 1. The number of aliphatic carboxylic acids is 1. The fraction of sp³-hybridized carbons (Fsp3) is 0.0714. The molecular formula is C14H11BrO2S. The van der Waals surface area contributed by atoms with Crippen molar-refractivity contribution < 1.29 is 9.90 Å².